The molecule has 102 valence electrons. The minimum absolute atomic E-state index is 0.110. The molecule has 1 atom stereocenters. The maximum atomic E-state index is 9.20. The molecular weight excluding hydrogens is 230 g/mol. The molecule has 0 spiro atoms. The highest BCUT2D eigenvalue weighted by Gasteiger charge is 2.03. The summed E-state index contributed by atoms with van der Waals surface area (Å²) in [5.74, 6) is 1.34. The molecule has 0 saturated carbocycles. The Labute approximate surface area is 109 Å². The average molecular weight is 253 g/mol. The highest BCUT2D eigenvalue weighted by atomic mass is 16.5. The lowest BCUT2D eigenvalue weighted by Gasteiger charge is -2.11. The van der Waals surface area contributed by atoms with E-state index in [9.17, 15) is 5.11 Å². The minimum Gasteiger partial charge on any atom is -0.491 e. The molecule has 0 aliphatic rings. The van der Waals surface area contributed by atoms with Crippen LogP contribution in [0.25, 0.3) is 0 Å². The van der Waals surface area contributed by atoms with E-state index in [0.29, 0.717) is 11.7 Å². The van der Waals surface area contributed by atoms with Crippen molar-refractivity contribution in [3.8, 4) is 5.75 Å². The molecule has 4 nitrogen and oxygen atoms in total. The number of hydrogen-bond acceptors (Lipinski definition) is 4. The van der Waals surface area contributed by atoms with E-state index in [1.807, 2.05) is 24.3 Å². The first kappa shape index (κ1) is 15.0. The van der Waals surface area contributed by atoms with E-state index in [4.69, 9.17) is 9.84 Å². The predicted molar refractivity (Wildman–Crippen MR) is 71.6 cm³/mol. The van der Waals surface area contributed by atoms with Crippen molar-refractivity contribution < 1.29 is 14.9 Å². The van der Waals surface area contributed by atoms with Crippen LogP contribution >= 0.6 is 0 Å². The van der Waals surface area contributed by atoms with Gasteiger partial charge in [-0.3, -0.25) is 0 Å². The maximum absolute atomic E-state index is 9.20. The van der Waals surface area contributed by atoms with E-state index >= 15 is 0 Å². The van der Waals surface area contributed by atoms with Crippen LogP contribution in [0.4, 0.5) is 0 Å². The van der Waals surface area contributed by atoms with Gasteiger partial charge in [0.25, 0.3) is 0 Å². The van der Waals surface area contributed by atoms with Crippen molar-refractivity contribution in [2.75, 3.05) is 19.8 Å². The minimum atomic E-state index is -0.826. The number of hydrogen-bond donors (Lipinski definition) is 3. The smallest absolute Gasteiger partial charge is 0.119 e. The van der Waals surface area contributed by atoms with Crippen molar-refractivity contribution >= 4 is 0 Å². The summed E-state index contributed by atoms with van der Waals surface area (Å²) in [5, 5.41) is 21.3. The molecule has 0 aromatic heterocycles. The van der Waals surface area contributed by atoms with Gasteiger partial charge in [0.15, 0.2) is 0 Å². The van der Waals surface area contributed by atoms with Gasteiger partial charge in [-0.1, -0.05) is 26.0 Å². The van der Waals surface area contributed by atoms with Gasteiger partial charge in [-0.2, -0.15) is 0 Å². The molecule has 0 heterocycles. The monoisotopic (exact) mass is 253 g/mol. The molecule has 18 heavy (non-hydrogen) atoms. The summed E-state index contributed by atoms with van der Waals surface area (Å²) in [4.78, 5) is 0. The molecule has 1 aromatic rings. The van der Waals surface area contributed by atoms with E-state index in [1.165, 1.54) is 0 Å². The number of aliphatic hydroxyl groups excluding tert-OH is 2. The summed E-state index contributed by atoms with van der Waals surface area (Å²) in [6.45, 7) is 5.95. The lowest BCUT2D eigenvalue weighted by atomic mass is 10.2. The molecule has 1 unspecified atom stereocenters. The Hall–Kier alpha value is -1.10. The number of benzene rings is 1. The van der Waals surface area contributed by atoms with Crippen molar-refractivity contribution in [2.24, 2.45) is 5.92 Å². The van der Waals surface area contributed by atoms with Crippen LogP contribution in [0.3, 0.4) is 0 Å². The molecule has 4 heteroatoms. The number of ether oxygens (including phenoxy) is 1. The third kappa shape index (κ3) is 6.00. The fourth-order valence-electron chi connectivity index (χ4n) is 1.50. The lowest BCUT2D eigenvalue weighted by molar-refractivity contribution is 0.0536. The summed E-state index contributed by atoms with van der Waals surface area (Å²) >= 11 is 0. The zero-order valence-electron chi connectivity index (χ0n) is 11.1. The van der Waals surface area contributed by atoms with Crippen molar-refractivity contribution in [3.63, 3.8) is 0 Å². The SMILES string of the molecule is CC(C)CNCc1cccc(OCC(O)CO)c1. The van der Waals surface area contributed by atoms with E-state index in [2.05, 4.69) is 19.2 Å². The third-order valence-electron chi connectivity index (χ3n) is 2.43. The predicted octanol–water partition coefficient (Wildman–Crippen LogP) is 1.16. The number of rotatable bonds is 8. The van der Waals surface area contributed by atoms with Gasteiger partial charge in [-0.15, -0.1) is 0 Å². The van der Waals surface area contributed by atoms with E-state index in [0.717, 1.165) is 18.7 Å². The highest BCUT2D eigenvalue weighted by molar-refractivity contribution is 5.28. The van der Waals surface area contributed by atoms with E-state index < -0.39 is 6.10 Å². The quantitative estimate of drug-likeness (QED) is 0.651. The molecule has 0 bridgehead atoms. The highest BCUT2D eigenvalue weighted by Crippen LogP contribution is 2.13. The fourth-order valence-corrected chi connectivity index (χ4v) is 1.50. The zero-order valence-corrected chi connectivity index (χ0v) is 11.1. The topological polar surface area (TPSA) is 61.7 Å². The Morgan fingerprint density at radius 3 is 2.78 bits per heavy atom. The molecule has 3 N–H and O–H groups in total. The van der Waals surface area contributed by atoms with E-state index in [1.54, 1.807) is 0 Å². The first-order chi connectivity index (χ1) is 8.61. The molecule has 0 fully saturated rings. The summed E-state index contributed by atoms with van der Waals surface area (Å²) in [7, 11) is 0. The third-order valence-corrected chi connectivity index (χ3v) is 2.43. The van der Waals surface area contributed by atoms with Crippen molar-refractivity contribution in [1.29, 1.82) is 0 Å². The lowest BCUT2D eigenvalue weighted by Crippen LogP contribution is -2.21. The number of aliphatic hydroxyl groups is 2. The van der Waals surface area contributed by atoms with Crippen LogP contribution < -0.4 is 10.1 Å². The Morgan fingerprint density at radius 1 is 1.33 bits per heavy atom. The van der Waals surface area contributed by atoms with Gasteiger partial charge in [0.05, 0.1) is 6.61 Å². The van der Waals surface area contributed by atoms with Crippen LogP contribution in [-0.4, -0.2) is 36.1 Å². The molecule has 0 aliphatic carbocycles. The second-order valence-electron chi connectivity index (χ2n) is 4.82. The summed E-state index contributed by atoms with van der Waals surface area (Å²) < 4.78 is 5.39. The number of nitrogens with one attached hydrogen (secondary N) is 1. The first-order valence-corrected chi connectivity index (χ1v) is 6.33. The second-order valence-corrected chi connectivity index (χ2v) is 4.82. The Bertz CT molecular complexity index is 342. The van der Waals surface area contributed by atoms with Gasteiger partial charge in [0.2, 0.25) is 0 Å². The molecule has 1 aromatic carbocycles. The molecular formula is C14H23NO3. The Balaban J connectivity index is 2.41. The summed E-state index contributed by atoms with van der Waals surface area (Å²) in [6.07, 6.45) is -0.826. The van der Waals surface area contributed by atoms with Gasteiger partial charge in [0, 0.05) is 6.54 Å². The average Bonchev–Trinajstić information content (AvgIpc) is 2.36. The Morgan fingerprint density at radius 2 is 2.11 bits per heavy atom. The molecule has 0 aliphatic heterocycles. The van der Waals surface area contributed by atoms with Crippen LogP contribution in [0.5, 0.6) is 5.75 Å². The molecule has 0 amide bonds. The van der Waals surface area contributed by atoms with Gasteiger partial charge >= 0.3 is 0 Å². The molecule has 0 radical (unpaired) electrons. The van der Waals surface area contributed by atoms with Crippen molar-refractivity contribution in [2.45, 2.75) is 26.5 Å². The normalized spacial score (nSPS) is 12.7. The van der Waals surface area contributed by atoms with Crippen LogP contribution in [-0.2, 0) is 6.54 Å². The molecule has 1 rings (SSSR count). The van der Waals surface area contributed by atoms with Gasteiger partial charge in [-0.25, -0.2) is 0 Å². The van der Waals surface area contributed by atoms with Crippen LogP contribution in [0.15, 0.2) is 24.3 Å². The largest absolute Gasteiger partial charge is 0.491 e. The standard InChI is InChI=1S/C14H23NO3/c1-11(2)7-15-8-12-4-3-5-14(6-12)18-10-13(17)9-16/h3-6,11,13,15-17H,7-10H2,1-2H3. The molecule has 0 saturated heterocycles. The first-order valence-electron chi connectivity index (χ1n) is 6.33. The Kier molecular flexibility index (Phi) is 6.72. The fraction of sp³-hybridized carbons (Fsp3) is 0.571. The van der Waals surface area contributed by atoms with Crippen molar-refractivity contribution in [3.05, 3.63) is 29.8 Å². The maximum Gasteiger partial charge on any atom is 0.119 e. The zero-order chi connectivity index (χ0) is 13.4. The summed E-state index contributed by atoms with van der Waals surface area (Å²) in [5.41, 5.74) is 1.15. The summed E-state index contributed by atoms with van der Waals surface area (Å²) in [6, 6.07) is 7.74. The second kappa shape index (κ2) is 8.08. The van der Waals surface area contributed by atoms with Gasteiger partial charge < -0.3 is 20.3 Å². The van der Waals surface area contributed by atoms with Gasteiger partial charge in [-0.05, 0) is 30.2 Å². The van der Waals surface area contributed by atoms with Crippen molar-refractivity contribution in [1.82, 2.24) is 5.32 Å². The van der Waals surface area contributed by atoms with Crippen LogP contribution in [0.2, 0.25) is 0 Å². The van der Waals surface area contributed by atoms with Crippen LogP contribution in [0.1, 0.15) is 19.4 Å². The van der Waals surface area contributed by atoms with Crippen LogP contribution in [0, 0.1) is 5.92 Å². The van der Waals surface area contributed by atoms with Gasteiger partial charge in [0.1, 0.15) is 18.5 Å². The van der Waals surface area contributed by atoms with E-state index in [-0.39, 0.29) is 13.2 Å².